The Morgan fingerprint density at radius 1 is 1.20 bits per heavy atom. The first kappa shape index (κ1) is 14.5. The van der Waals surface area contributed by atoms with Crippen LogP contribution in [0.2, 0.25) is 0 Å². The molecule has 3 nitrogen and oxygen atoms in total. The molecule has 0 radical (unpaired) electrons. The molecule has 2 aromatic carbocycles. The van der Waals surface area contributed by atoms with Gasteiger partial charge in [0, 0.05) is 16.1 Å². The van der Waals surface area contributed by atoms with Crippen molar-refractivity contribution in [1.29, 1.82) is 0 Å². The minimum absolute atomic E-state index is 0.666. The lowest BCUT2D eigenvalue weighted by Crippen LogP contribution is -1.92. The van der Waals surface area contributed by atoms with Crippen molar-refractivity contribution >= 4 is 23.9 Å². The summed E-state index contributed by atoms with van der Waals surface area (Å²) in [6.07, 6.45) is 0.885. The highest BCUT2D eigenvalue weighted by Gasteiger charge is 2.01. The number of aldehydes is 1. The maximum atomic E-state index is 10.9. The van der Waals surface area contributed by atoms with E-state index in [1.165, 1.54) is 11.9 Å². The summed E-state index contributed by atoms with van der Waals surface area (Å²) in [4.78, 5) is 11.9. The van der Waals surface area contributed by atoms with Crippen LogP contribution >= 0.6 is 11.9 Å². The van der Waals surface area contributed by atoms with Gasteiger partial charge in [0.25, 0.3) is 0 Å². The molecule has 20 heavy (non-hydrogen) atoms. The van der Waals surface area contributed by atoms with Crippen LogP contribution < -0.4 is 9.46 Å². The summed E-state index contributed by atoms with van der Waals surface area (Å²) in [5.74, 6) is 0.863. The monoisotopic (exact) mass is 287 g/mol. The van der Waals surface area contributed by atoms with E-state index in [1.54, 1.807) is 0 Å². The third kappa shape index (κ3) is 3.78. The lowest BCUT2D eigenvalue weighted by atomic mass is 10.1. The lowest BCUT2D eigenvalue weighted by Gasteiger charge is -2.08. The van der Waals surface area contributed by atoms with E-state index in [2.05, 4.69) is 4.72 Å². The van der Waals surface area contributed by atoms with Gasteiger partial charge in [0.15, 0.2) is 0 Å². The Hall–Kier alpha value is -1.94. The molecule has 0 saturated heterocycles. The molecule has 0 aliphatic carbocycles. The van der Waals surface area contributed by atoms with E-state index in [0.717, 1.165) is 33.7 Å². The number of carbonyl (C=O) groups excluding carboxylic acids is 1. The maximum absolute atomic E-state index is 10.9. The Morgan fingerprint density at radius 3 is 2.60 bits per heavy atom. The Bertz CT molecular complexity index is 582. The van der Waals surface area contributed by atoms with E-state index in [-0.39, 0.29) is 0 Å². The molecular weight excluding hydrogens is 270 g/mol. The fraction of sp³-hybridized carbons (Fsp3) is 0.188. The smallest absolute Gasteiger partial charge is 0.150 e. The molecule has 4 heteroatoms. The third-order valence-corrected chi connectivity index (χ3v) is 3.66. The Labute approximate surface area is 123 Å². The van der Waals surface area contributed by atoms with Gasteiger partial charge in [-0.2, -0.15) is 0 Å². The first-order chi connectivity index (χ1) is 9.72. The van der Waals surface area contributed by atoms with Gasteiger partial charge in [-0.15, -0.1) is 0 Å². The summed E-state index contributed by atoms with van der Waals surface area (Å²) in [7, 11) is 0. The number of hydrogen-bond acceptors (Lipinski definition) is 4. The SMILES string of the molecule is CCOc1ccc(NSc2ccc(C)c(C=O)c2)cc1. The number of anilines is 1. The molecule has 2 rings (SSSR count). The molecule has 0 amide bonds. The minimum atomic E-state index is 0.666. The highest BCUT2D eigenvalue weighted by atomic mass is 32.2. The van der Waals surface area contributed by atoms with Gasteiger partial charge in [-0.25, -0.2) is 0 Å². The van der Waals surface area contributed by atoms with Crippen LogP contribution in [-0.4, -0.2) is 12.9 Å². The number of carbonyl (C=O) groups is 1. The quantitative estimate of drug-likeness (QED) is 0.634. The van der Waals surface area contributed by atoms with Gasteiger partial charge in [-0.05, 0) is 67.8 Å². The minimum Gasteiger partial charge on any atom is -0.494 e. The molecule has 0 unspecified atom stereocenters. The summed E-state index contributed by atoms with van der Waals surface area (Å²) in [6, 6.07) is 13.6. The van der Waals surface area contributed by atoms with E-state index in [4.69, 9.17) is 4.74 Å². The average molecular weight is 287 g/mol. The van der Waals surface area contributed by atoms with Crippen molar-refractivity contribution < 1.29 is 9.53 Å². The molecule has 0 aromatic heterocycles. The second kappa shape index (κ2) is 7.01. The van der Waals surface area contributed by atoms with E-state index < -0.39 is 0 Å². The van der Waals surface area contributed by atoms with Gasteiger partial charge >= 0.3 is 0 Å². The van der Waals surface area contributed by atoms with Gasteiger partial charge in [0.2, 0.25) is 0 Å². The van der Waals surface area contributed by atoms with Crippen LogP contribution in [0.25, 0.3) is 0 Å². The molecule has 0 spiro atoms. The van der Waals surface area contributed by atoms with Crippen molar-refractivity contribution in [2.75, 3.05) is 11.3 Å². The maximum Gasteiger partial charge on any atom is 0.150 e. The Kier molecular flexibility index (Phi) is 5.07. The highest BCUT2D eigenvalue weighted by Crippen LogP contribution is 2.24. The zero-order chi connectivity index (χ0) is 14.4. The zero-order valence-electron chi connectivity index (χ0n) is 11.6. The van der Waals surface area contributed by atoms with Crippen LogP contribution in [0.4, 0.5) is 5.69 Å². The first-order valence-electron chi connectivity index (χ1n) is 6.44. The molecular formula is C16H17NO2S. The summed E-state index contributed by atoms with van der Waals surface area (Å²) >= 11 is 1.48. The number of nitrogens with one attached hydrogen (secondary N) is 1. The second-order valence-electron chi connectivity index (χ2n) is 4.30. The molecule has 0 aliphatic heterocycles. The van der Waals surface area contributed by atoms with E-state index in [1.807, 2.05) is 56.3 Å². The summed E-state index contributed by atoms with van der Waals surface area (Å²) < 4.78 is 8.64. The zero-order valence-corrected chi connectivity index (χ0v) is 12.4. The second-order valence-corrected chi connectivity index (χ2v) is 5.18. The molecule has 1 N–H and O–H groups in total. The Balaban J connectivity index is 1.99. The number of ether oxygens (including phenoxy) is 1. The predicted molar refractivity (Wildman–Crippen MR) is 83.7 cm³/mol. The van der Waals surface area contributed by atoms with Crippen molar-refractivity contribution in [2.45, 2.75) is 18.7 Å². The fourth-order valence-corrected chi connectivity index (χ4v) is 2.41. The highest BCUT2D eigenvalue weighted by molar-refractivity contribution is 8.00. The molecule has 0 atom stereocenters. The summed E-state index contributed by atoms with van der Waals surface area (Å²) in [5.41, 5.74) is 2.71. The van der Waals surface area contributed by atoms with Crippen LogP contribution in [0.3, 0.4) is 0 Å². The largest absolute Gasteiger partial charge is 0.494 e. The van der Waals surface area contributed by atoms with Crippen LogP contribution in [0, 0.1) is 6.92 Å². The standard InChI is InChI=1S/C16H17NO2S/c1-3-19-15-7-5-14(6-8-15)17-20-16-9-4-12(2)13(10-16)11-18/h4-11,17H,3H2,1-2H3. The molecule has 104 valence electrons. The number of hydrogen-bond donors (Lipinski definition) is 1. The predicted octanol–water partition coefficient (Wildman–Crippen LogP) is 4.33. The molecule has 0 heterocycles. The van der Waals surface area contributed by atoms with Crippen molar-refractivity contribution in [1.82, 2.24) is 0 Å². The number of rotatable bonds is 6. The van der Waals surface area contributed by atoms with Crippen LogP contribution in [0.5, 0.6) is 5.75 Å². The topological polar surface area (TPSA) is 38.3 Å². The fourth-order valence-electron chi connectivity index (χ4n) is 1.71. The van der Waals surface area contributed by atoms with Crippen molar-refractivity contribution in [3.63, 3.8) is 0 Å². The normalized spacial score (nSPS) is 10.1. The van der Waals surface area contributed by atoms with Crippen molar-refractivity contribution in [3.8, 4) is 5.75 Å². The first-order valence-corrected chi connectivity index (χ1v) is 7.26. The number of benzene rings is 2. The van der Waals surface area contributed by atoms with Crippen LogP contribution in [-0.2, 0) is 0 Å². The van der Waals surface area contributed by atoms with Gasteiger partial charge in [-0.1, -0.05) is 6.07 Å². The van der Waals surface area contributed by atoms with Gasteiger partial charge in [0.1, 0.15) is 12.0 Å². The van der Waals surface area contributed by atoms with Crippen molar-refractivity contribution in [2.24, 2.45) is 0 Å². The lowest BCUT2D eigenvalue weighted by molar-refractivity contribution is 0.112. The van der Waals surface area contributed by atoms with Gasteiger partial charge in [-0.3, -0.25) is 4.79 Å². The molecule has 0 bridgehead atoms. The Morgan fingerprint density at radius 2 is 1.95 bits per heavy atom. The van der Waals surface area contributed by atoms with E-state index >= 15 is 0 Å². The number of aryl methyl sites for hydroxylation is 1. The molecule has 0 aliphatic rings. The average Bonchev–Trinajstić information content (AvgIpc) is 2.48. The summed E-state index contributed by atoms with van der Waals surface area (Å²) in [6.45, 7) is 4.56. The molecule has 0 saturated carbocycles. The van der Waals surface area contributed by atoms with Gasteiger partial charge < -0.3 is 9.46 Å². The van der Waals surface area contributed by atoms with E-state index in [0.29, 0.717) is 6.61 Å². The van der Waals surface area contributed by atoms with Gasteiger partial charge in [0.05, 0.1) is 6.61 Å². The van der Waals surface area contributed by atoms with Crippen molar-refractivity contribution in [3.05, 3.63) is 53.6 Å². The van der Waals surface area contributed by atoms with E-state index in [9.17, 15) is 4.79 Å². The van der Waals surface area contributed by atoms with Crippen LogP contribution in [0.1, 0.15) is 22.8 Å². The molecule has 2 aromatic rings. The summed E-state index contributed by atoms with van der Waals surface area (Å²) in [5, 5.41) is 0. The molecule has 0 fully saturated rings. The van der Waals surface area contributed by atoms with Crippen LogP contribution in [0.15, 0.2) is 47.4 Å². The third-order valence-electron chi connectivity index (χ3n) is 2.83.